The Kier molecular flexibility index (Phi) is 4.36. The largest absolute Gasteiger partial charge is 0.389 e. The van der Waals surface area contributed by atoms with Crippen molar-refractivity contribution in [3.8, 4) is 0 Å². The summed E-state index contributed by atoms with van der Waals surface area (Å²) in [5.74, 6) is 0.489. The Morgan fingerprint density at radius 3 is 2.56 bits per heavy atom. The van der Waals surface area contributed by atoms with Gasteiger partial charge in [-0.25, -0.2) is 4.39 Å². The Labute approximate surface area is 108 Å². The first kappa shape index (κ1) is 13.5. The van der Waals surface area contributed by atoms with Crippen LogP contribution in [0.15, 0.2) is 24.3 Å². The summed E-state index contributed by atoms with van der Waals surface area (Å²) < 4.78 is 13.5. The predicted octanol–water partition coefficient (Wildman–Crippen LogP) is 2.64. The van der Waals surface area contributed by atoms with Gasteiger partial charge in [-0.3, -0.25) is 0 Å². The molecule has 0 atom stereocenters. The second-order valence-corrected chi connectivity index (χ2v) is 5.50. The molecule has 0 aromatic heterocycles. The van der Waals surface area contributed by atoms with Crippen LogP contribution in [-0.4, -0.2) is 17.3 Å². The quantitative estimate of drug-likeness (QED) is 0.864. The minimum absolute atomic E-state index is 0.105. The third kappa shape index (κ3) is 3.30. The molecule has 1 aromatic carbocycles. The summed E-state index contributed by atoms with van der Waals surface area (Å²) in [6, 6.07) is 6.98. The Balaban J connectivity index is 1.81. The minimum atomic E-state index is -0.644. The maximum atomic E-state index is 13.5. The van der Waals surface area contributed by atoms with Crippen molar-refractivity contribution in [3.63, 3.8) is 0 Å². The molecule has 0 aliphatic heterocycles. The zero-order valence-electron chi connectivity index (χ0n) is 10.7. The minimum Gasteiger partial charge on any atom is -0.389 e. The molecule has 0 radical (unpaired) electrons. The van der Waals surface area contributed by atoms with E-state index in [0.717, 1.165) is 44.1 Å². The lowest BCUT2D eigenvalue weighted by Crippen LogP contribution is -2.41. The molecule has 0 unspecified atom stereocenters. The summed E-state index contributed by atoms with van der Waals surface area (Å²) >= 11 is 0. The number of rotatable bonds is 4. The van der Waals surface area contributed by atoms with Gasteiger partial charge in [0, 0.05) is 6.54 Å². The number of hydrogen-bond donors (Lipinski definition) is 2. The first-order valence-electron chi connectivity index (χ1n) is 6.79. The van der Waals surface area contributed by atoms with E-state index in [0.29, 0.717) is 12.5 Å². The van der Waals surface area contributed by atoms with Crippen LogP contribution in [0.25, 0.3) is 0 Å². The Bertz CT molecular complexity index is 386. The molecule has 1 aromatic rings. The fourth-order valence-electron chi connectivity index (χ4n) is 2.77. The lowest BCUT2D eigenvalue weighted by molar-refractivity contribution is -0.00196. The van der Waals surface area contributed by atoms with Crippen molar-refractivity contribution in [1.29, 1.82) is 0 Å². The molecule has 0 amide bonds. The Morgan fingerprint density at radius 1 is 1.28 bits per heavy atom. The Morgan fingerprint density at radius 2 is 1.94 bits per heavy atom. The van der Waals surface area contributed by atoms with Crippen LogP contribution in [0.3, 0.4) is 0 Å². The van der Waals surface area contributed by atoms with E-state index in [2.05, 4.69) is 0 Å². The Hall–Kier alpha value is -0.930. The lowest BCUT2D eigenvalue weighted by atomic mass is 9.77. The summed E-state index contributed by atoms with van der Waals surface area (Å²) in [6.45, 7) is 0.354. The first-order chi connectivity index (χ1) is 8.63. The van der Waals surface area contributed by atoms with Gasteiger partial charge in [0.2, 0.25) is 0 Å². The summed E-state index contributed by atoms with van der Waals surface area (Å²) in [5, 5.41) is 10.0. The van der Waals surface area contributed by atoms with Crippen LogP contribution in [-0.2, 0) is 6.42 Å². The number of aliphatic hydroxyl groups is 1. The lowest BCUT2D eigenvalue weighted by Gasteiger charge is -2.35. The van der Waals surface area contributed by atoms with Crippen molar-refractivity contribution in [2.75, 3.05) is 6.54 Å². The average molecular weight is 251 g/mol. The van der Waals surface area contributed by atoms with Gasteiger partial charge in [-0.15, -0.1) is 0 Å². The van der Waals surface area contributed by atoms with Crippen molar-refractivity contribution >= 4 is 0 Å². The molecule has 0 heterocycles. The zero-order valence-corrected chi connectivity index (χ0v) is 10.7. The molecular formula is C15H22FNO. The molecule has 3 heteroatoms. The van der Waals surface area contributed by atoms with Crippen molar-refractivity contribution in [2.45, 2.75) is 44.1 Å². The van der Waals surface area contributed by atoms with Crippen LogP contribution < -0.4 is 5.73 Å². The van der Waals surface area contributed by atoms with Crippen LogP contribution >= 0.6 is 0 Å². The summed E-state index contributed by atoms with van der Waals surface area (Å²) in [6.07, 6.45) is 5.36. The van der Waals surface area contributed by atoms with Gasteiger partial charge in [0.25, 0.3) is 0 Å². The first-order valence-corrected chi connectivity index (χ1v) is 6.79. The molecule has 2 nitrogen and oxygen atoms in total. The number of halogens is 1. The second-order valence-electron chi connectivity index (χ2n) is 5.50. The van der Waals surface area contributed by atoms with E-state index in [1.165, 1.54) is 6.07 Å². The van der Waals surface area contributed by atoms with E-state index in [1.807, 2.05) is 12.1 Å². The molecular weight excluding hydrogens is 229 g/mol. The molecule has 1 fully saturated rings. The smallest absolute Gasteiger partial charge is 0.126 e. The third-order valence-corrected chi connectivity index (χ3v) is 4.20. The van der Waals surface area contributed by atoms with Crippen molar-refractivity contribution in [2.24, 2.45) is 11.7 Å². The topological polar surface area (TPSA) is 46.2 Å². The number of benzene rings is 1. The highest BCUT2D eigenvalue weighted by atomic mass is 19.1. The van der Waals surface area contributed by atoms with E-state index in [4.69, 9.17) is 5.73 Å². The molecule has 0 spiro atoms. The zero-order chi connectivity index (χ0) is 13.0. The number of hydrogen-bond acceptors (Lipinski definition) is 2. The number of aryl methyl sites for hydroxylation is 1. The van der Waals surface area contributed by atoms with Gasteiger partial charge in [-0.2, -0.15) is 0 Å². The molecule has 2 rings (SSSR count). The van der Waals surface area contributed by atoms with Crippen molar-refractivity contribution in [3.05, 3.63) is 35.6 Å². The third-order valence-electron chi connectivity index (χ3n) is 4.20. The van der Waals surface area contributed by atoms with E-state index < -0.39 is 5.60 Å². The van der Waals surface area contributed by atoms with Gasteiger partial charge in [0.1, 0.15) is 5.82 Å². The summed E-state index contributed by atoms with van der Waals surface area (Å²) in [5.41, 5.74) is 5.73. The van der Waals surface area contributed by atoms with Crippen LogP contribution in [0, 0.1) is 11.7 Å². The fourth-order valence-corrected chi connectivity index (χ4v) is 2.77. The molecule has 100 valence electrons. The monoisotopic (exact) mass is 251 g/mol. The molecule has 0 bridgehead atoms. The summed E-state index contributed by atoms with van der Waals surface area (Å²) in [7, 11) is 0. The van der Waals surface area contributed by atoms with Gasteiger partial charge in [0.05, 0.1) is 5.60 Å². The maximum Gasteiger partial charge on any atom is 0.126 e. The normalized spacial score (nSPS) is 28.3. The highest BCUT2D eigenvalue weighted by Crippen LogP contribution is 2.33. The SMILES string of the molecule is NC[C@]1(O)CC[C@H](CCc2ccccc2F)CC1. The highest BCUT2D eigenvalue weighted by Gasteiger charge is 2.31. The van der Waals surface area contributed by atoms with E-state index in [-0.39, 0.29) is 5.82 Å². The average Bonchev–Trinajstić information content (AvgIpc) is 2.40. The molecule has 1 saturated carbocycles. The van der Waals surface area contributed by atoms with E-state index >= 15 is 0 Å². The van der Waals surface area contributed by atoms with Crippen molar-refractivity contribution < 1.29 is 9.50 Å². The molecule has 1 aliphatic rings. The molecule has 18 heavy (non-hydrogen) atoms. The second kappa shape index (κ2) is 5.81. The molecule has 0 saturated heterocycles. The van der Waals surface area contributed by atoms with Gasteiger partial charge in [0.15, 0.2) is 0 Å². The van der Waals surface area contributed by atoms with Crippen LogP contribution in [0.4, 0.5) is 4.39 Å². The van der Waals surface area contributed by atoms with Crippen LogP contribution in [0.1, 0.15) is 37.7 Å². The van der Waals surface area contributed by atoms with Gasteiger partial charge in [-0.1, -0.05) is 18.2 Å². The van der Waals surface area contributed by atoms with E-state index in [9.17, 15) is 9.50 Å². The molecule has 3 N–H and O–H groups in total. The van der Waals surface area contributed by atoms with Crippen LogP contribution in [0.5, 0.6) is 0 Å². The molecule has 1 aliphatic carbocycles. The highest BCUT2D eigenvalue weighted by molar-refractivity contribution is 5.17. The van der Waals surface area contributed by atoms with Gasteiger partial charge < -0.3 is 10.8 Å². The van der Waals surface area contributed by atoms with Gasteiger partial charge in [-0.05, 0) is 56.1 Å². The van der Waals surface area contributed by atoms with Gasteiger partial charge >= 0.3 is 0 Å². The predicted molar refractivity (Wildman–Crippen MR) is 70.7 cm³/mol. The maximum absolute atomic E-state index is 13.5. The van der Waals surface area contributed by atoms with Crippen LogP contribution in [0.2, 0.25) is 0 Å². The standard InChI is InChI=1S/C15H22FNO/c16-14-4-2-1-3-13(14)6-5-12-7-9-15(18,11-17)10-8-12/h1-4,12,18H,5-11,17H2/t12-,15-. The summed E-state index contributed by atoms with van der Waals surface area (Å²) in [4.78, 5) is 0. The number of nitrogens with two attached hydrogens (primary N) is 1. The van der Waals surface area contributed by atoms with E-state index in [1.54, 1.807) is 6.07 Å². The fraction of sp³-hybridized carbons (Fsp3) is 0.600. The van der Waals surface area contributed by atoms with Crippen molar-refractivity contribution in [1.82, 2.24) is 0 Å².